The number of benzene rings is 1. The van der Waals surface area contributed by atoms with Gasteiger partial charge in [-0.1, -0.05) is 15.9 Å². The summed E-state index contributed by atoms with van der Waals surface area (Å²) in [6.45, 7) is -0.521. The van der Waals surface area contributed by atoms with Gasteiger partial charge in [0.15, 0.2) is 5.92 Å². The number of rotatable bonds is 4. The molecule has 1 aromatic carbocycles. The summed E-state index contributed by atoms with van der Waals surface area (Å²) in [5, 5.41) is 11.0. The van der Waals surface area contributed by atoms with Crippen LogP contribution in [0.15, 0.2) is 22.7 Å². The molecule has 1 atom stereocenters. The van der Waals surface area contributed by atoms with Gasteiger partial charge in [0.25, 0.3) is 0 Å². The van der Waals surface area contributed by atoms with Crippen LogP contribution in [0.2, 0.25) is 0 Å². The van der Waals surface area contributed by atoms with E-state index < -0.39 is 18.6 Å². The molecule has 7 heteroatoms. The predicted octanol–water partition coefficient (Wildman–Crippen LogP) is 3.57. The lowest BCUT2D eigenvalue weighted by Crippen LogP contribution is -2.28. The molecular formula is C11H10BrF3N2O. The second-order valence-electron chi connectivity index (χ2n) is 3.45. The lowest BCUT2D eigenvalue weighted by atomic mass is 10.1. The SMILES string of the molecule is COc1ccc(Br)cc1NCC(C#N)C(F)(F)F. The fourth-order valence-corrected chi connectivity index (χ4v) is 1.63. The fraction of sp³-hybridized carbons (Fsp3) is 0.364. The molecule has 0 aliphatic heterocycles. The lowest BCUT2D eigenvalue weighted by Gasteiger charge is -2.16. The number of halogens is 4. The van der Waals surface area contributed by atoms with Crippen LogP contribution in [0, 0.1) is 17.2 Å². The largest absolute Gasteiger partial charge is 0.495 e. The van der Waals surface area contributed by atoms with E-state index in [9.17, 15) is 13.2 Å². The number of hydrogen-bond acceptors (Lipinski definition) is 3. The van der Waals surface area contributed by atoms with E-state index in [4.69, 9.17) is 10.00 Å². The van der Waals surface area contributed by atoms with E-state index >= 15 is 0 Å². The van der Waals surface area contributed by atoms with Crippen molar-refractivity contribution in [2.75, 3.05) is 19.0 Å². The monoisotopic (exact) mass is 322 g/mol. The molecule has 0 radical (unpaired) electrons. The number of anilines is 1. The van der Waals surface area contributed by atoms with Crippen LogP contribution in [-0.2, 0) is 0 Å². The molecule has 18 heavy (non-hydrogen) atoms. The smallest absolute Gasteiger partial charge is 0.406 e. The molecule has 0 saturated carbocycles. The molecule has 0 aliphatic carbocycles. The Hall–Kier alpha value is -1.42. The zero-order chi connectivity index (χ0) is 13.8. The van der Waals surface area contributed by atoms with Gasteiger partial charge in [-0.2, -0.15) is 18.4 Å². The van der Waals surface area contributed by atoms with E-state index in [1.54, 1.807) is 18.2 Å². The molecule has 0 aliphatic rings. The van der Waals surface area contributed by atoms with Gasteiger partial charge in [-0.3, -0.25) is 0 Å². The maximum absolute atomic E-state index is 12.4. The summed E-state index contributed by atoms with van der Waals surface area (Å²) < 4.78 is 42.9. The lowest BCUT2D eigenvalue weighted by molar-refractivity contribution is -0.155. The van der Waals surface area contributed by atoms with E-state index in [2.05, 4.69) is 21.2 Å². The Balaban J connectivity index is 2.80. The summed E-state index contributed by atoms with van der Waals surface area (Å²) in [5.74, 6) is -1.64. The topological polar surface area (TPSA) is 45.0 Å². The first-order valence-corrected chi connectivity index (χ1v) is 5.71. The molecule has 1 unspecified atom stereocenters. The van der Waals surface area contributed by atoms with Crippen LogP contribution in [0.4, 0.5) is 18.9 Å². The van der Waals surface area contributed by atoms with Crippen molar-refractivity contribution in [1.29, 1.82) is 5.26 Å². The average Bonchev–Trinajstić information content (AvgIpc) is 2.28. The zero-order valence-electron chi connectivity index (χ0n) is 9.38. The molecule has 0 heterocycles. The van der Waals surface area contributed by atoms with Crippen molar-refractivity contribution in [2.24, 2.45) is 5.92 Å². The molecule has 98 valence electrons. The molecule has 0 aromatic heterocycles. The minimum Gasteiger partial charge on any atom is -0.495 e. The molecule has 0 amide bonds. The van der Waals surface area contributed by atoms with E-state index in [-0.39, 0.29) is 0 Å². The van der Waals surface area contributed by atoms with Crippen LogP contribution in [-0.4, -0.2) is 19.8 Å². The van der Waals surface area contributed by atoms with Crippen LogP contribution >= 0.6 is 15.9 Å². The Morgan fingerprint density at radius 2 is 2.17 bits per heavy atom. The highest BCUT2D eigenvalue weighted by atomic mass is 79.9. The summed E-state index contributed by atoms with van der Waals surface area (Å²) in [6, 6.07) is 6.13. The summed E-state index contributed by atoms with van der Waals surface area (Å²) in [6.07, 6.45) is -4.54. The van der Waals surface area contributed by atoms with Gasteiger partial charge in [0.05, 0.1) is 18.9 Å². The second kappa shape index (κ2) is 5.96. The molecule has 1 N–H and O–H groups in total. The van der Waals surface area contributed by atoms with Gasteiger partial charge < -0.3 is 10.1 Å². The zero-order valence-corrected chi connectivity index (χ0v) is 11.0. The van der Waals surface area contributed by atoms with Gasteiger partial charge in [-0.25, -0.2) is 0 Å². The fourth-order valence-electron chi connectivity index (χ4n) is 1.26. The number of ether oxygens (including phenoxy) is 1. The van der Waals surface area contributed by atoms with Gasteiger partial charge in [-0.15, -0.1) is 0 Å². The maximum Gasteiger partial charge on any atom is 0.406 e. The third-order valence-electron chi connectivity index (χ3n) is 2.21. The molecular weight excluding hydrogens is 313 g/mol. The quantitative estimate of drug-likeness (QED) is 0.921. The molecule has 1 rings (SSSR count). The predicted molar refractivity (Wildman–Crippen MR) is 64.3 cm³/mol. The highest BCUT2D eigenvalue weighted by molar-refractivity contribution is 9.10. The molecule has 1 aromatic rings. The molecule has 0 spiro atoms. The van der Waals surface area contributed by atoms with Gasteiger partial charge in [0.1, 0.15) is 5.75 Å². The van der Waals surface area contributed by atoms with Gasteiger partial charge in [0.2, 0.25) is 0 Å². The summed E-state index contributed by atoms with van der Waals surface area (Å²) in [4.78, 5) is 0. The minimum absolute atomic E-state index is 0.399. The number of nitrogens with one attached hydrogen (secondary N) is 1. The highest BCUT2D eigenvalue weighted by Gasteiger charge is 2.39. The Labute approximate surface area is 111 Å². The van der Waals surface area contributed by atoms with E-state index in [0.717, 1.165) is 0 Å². The summed E-state index contributed by atoms with van der Waals surface area (Å²) in [7, 11) is 1.42. The molecule has 0 saturated heterocycles. The van der Waals surface area contributed by atoms with Crippen LogP contribution in [0.3, 0.4) is 0 Å². The van der Waals surface area contributed by atoms with Crippen LogP contribution in [0.5, 0.6) is 5.75 Å². The minimum atomic E-state index is -4.54. The van der Waals surface area contributed by atoms with Gasteiger partial charge >= 0.3 is 6.18 Å². The van der Waals surface area contributed by atoms with Crippen molar-refractivity contribution in [3.8, 4) is 11.8 Å². The van der Waals surface area contributed by atoms with E-state index in [1.807, 2.05) is 0 Å². The Morgan fingerprint density at radius 3 is 2.67 bits per heavy atom. The molecule has 3 nitrogen and oxygen atoms in total. The Morgan fingerprint density at radius 1 is 1.50 bits per heavy atom. The molecule has 0 fully saturated rings. The van der Waals surface area contributed by atoms with Crippen molar-refractivity contribution in [1.82, 2.24) is 0 Å². The van der Waals surface area contributed by atoms with Gasteiger partial charge in [0, 0.05) is 11.0 Å². The van der Waals surface area contributed by atoms with Crippen LogP contribution in [0.1, 0.15) is 0 Å². The summed E-state index contributed by atoms with van der Waals surface area (Å²) >= 11 is 3.21. The highest BCUT2D eigenvalue weighted by Crippen LogP contribution is 2.30. The number of alkyl halides is 3. The summed E-state index contributed by atoms with van der Waals surface area (Å²) in [5.41, 5.74) is 0.399. The van der Waals surface area contributed by atoms with Crippen LogP contribution in [0.25, 0.3) is 0 Å². The van der Waals surface area contributed by atoms with Gasteiger partial charge in [-0.05, 0) is 18.2 Å². The first kappa shape index (κ1) is 14.6. The third kappa shape index (κ3) is 3.81. The first-order chi connectivity index (χ1) is 8.38. The number of nitriles is 1. The second-order valence-corrected chi connectivity index (χ2v) is 4.36. The average molecular weight is 323 g/mol. The maximum atomic E-state index is 12.4. The molecule has 0 bridgehead atoms. The van der Waals surface area contributed by atoms with Crippen molar-refractivity contribution >= 4 is 21.6 Å². The van der Waals surface area contributed by atoms with Crippen molar-refractivity contribution in [2.45, 2.75) is 6.18 Å². The standard InChI is InChI=1S/C11H10BrF3N2O/c1-18-10-3-2-8(12)4-9(10)17-6-7(5-16)11(13,14)15/h2-4,7,17H,6H2,1H3. The third-order valence-corrected chi connectivity index (χ3v) is 2.70. The van der Waals surface area contributed by atoms with Crippen molar-refractivity contribution < 1.29 is 17.9 Å². The van der Waals surface area contributed by atoms with Crippen molar-refractivity contribution in [3.05, 3.63) is 22.7 Å². The van der Waals surface area contributed by atoms with Crippen LogP contribution < -0.4 is 10.1 Å². The number of nitrogens with zero attached hydrogens (tertiary/aromatic N) is 1. The number of hydrogen-bond donors (Lipinski definition) is 1. The Kier molecular flexibility index (Phi) is 4.84. The number of methoxy groups -OCH3 is 1. The van der Waals surface area contributed by atoms with E-state index in [0.29, 0.717) is 15.9 Å². The normalized spacial score (nSPS) is 12.7. The first-order valence-electron chi connectivity index (χ1n) is 4.92. The Bertz CT molecular complexity index is 457. The van der Waals surface area contributed by atoms with E-state index in [1.165, 1.54) is 13.2 Å². The van der Waals surface area contributed by atoms with Crippen molar-refractivity contribution in [3.63, 3.8) is 0 Å².